The van der Waals surface area contributed by atoms with Gasteiger partial charge >= 0.3 is 0 Å². The first kappa shape index (κ1) is 21.6. The molecule has 31 heavy (non-hydrogen) atoms. The highest BCUT2D eigenvalue weighted by molar-refractivity contribution is 7.18. The monoisotopic (exact) mass is 439 g/mol. The highest BCUT2D eigenvalue weighted by atomic mass is 32.1. The molecule has 1 aliphatic heterocycles. The van der Waals surface area contributed by atoms with Gasteiger partial charge in [-0.05, 0) is 49.9 Å². The summed E-state index contributed by atoms with van der Waals surface area (Å²) in [6, 6.07) is 8.08. The molecular formula is C24H29N3O3S. The Bertz CT molecular complexity index is 1130. The molecule has 0 N–H and O–H groups in total. The van der Waals surface area contributed by atoms with Crippen molar-refractivity contribution in [2.24, 2.45) is 0 Å². The number of hydrogen-bond donors (Lipinski definition) is 0. The van der Waals surface area contributed by atoms with Gasteiger partial charge in [-0.1, -0.05) is 25.0 Å². The highest BCUT2D eigenvalue weighted by Gasteiger charge is 2.26. The number of carbonyl (C=O) groups excluding carboxylic acids is 1. The van der Waals surface area contributed by atoms with Crippen molar-refractivity contribution in [1.29, 1.82) is 0 Å². The smallest absolute Gasteiger partial charge is 0.262 e. The molecule has 7 heteroatoms. The molecule has 0 bridgehead atoms. The van der Waals surface area contributed by atoms with Crippen molar-refractivity contribution in [1.82, 2.24) is 14.5 Å². The lowest BCUT2D eigenvalue weighted by atomic mass is 10.0. The molecule has 1 atom stereocenters. The largest absolute Gasteiger partial charge is 0.497 e. The number of thiophene rings is 1. The number of ether oxygens (including phenoxy) is 1. The molecule has 0 spiro atoms. The third kappa shape index (κ3) is 4.37. The van der Waals surface area contributed by atoms with E-state index in [2.05, 4.69) is 17.1 Å². The summed E-state index contributed by atoms with van der Waals surface area (Å²) in [4.78, 5) is 34.5. The minimum absolute atomic E-state index is 0.0535. The minimum atomic E-state index is -0.0535. The van der Waals surface area contributed by atoms with Gasteiger partial charge in [-0.15, -0.1) is 11.3 Å². The van der Waals surface area contributed by atoms with Gasteiger partial charge in [-0.3, -0.25) is 14.2 Å². The maximum Gasteiger partial charge on any atom is 0.262 e. The maximum atomic E-state index is 13.2. The Morgan fingerprint density at radius 1 is 1.19 bits per heavy atom. The maximum absolute atomic E-state index is 13.2. The fourth-order valence-corrected chi connectivity index (χ4v) is 5.36. The molecule has 1 saturated heterocycles. The molecule has 1 aliphatic rings. The standard InChI is InChI=1S/C24H29N3O3S/c1-16-17(2)31-23-22(16)24(29)26(15-25-23)14-12-21(28)27-13-6-4-5-7-20(27)18-8-10-19(30-3)11-9-18/h8-11,15,20H,4-7,12-14H2,1-3H3/t20-/m1/s1. The Balaban J connectivity index is 1.53. The Morgan fingerprint density at radius 3 is 2.71 bits per heavy atom. The number of amides is 1. The van der Waals surface area contributed by atoms with Crippen LogP contribution in [0.25, 0.3) is 10.2 Å². The number of benzene rings is 1. The molecular weight excluding hydrogens is 410 g/mol. The molecule has 0 radical (unpaired) electrons. The van der Waals surface area contributed by atoms with Crippen LogP contribution in [0, 0.1) is 13.8 Å². The molecule has 1 amide bonds. The summed E-state index contributed by atoms with van der Waals surface area (Å²) < 4.78 is 6.86. The Hall–Kier alpha value is -2.67. The molecule has 0 unspecified atom stereocenters. The molecule has 1 fully saturated rings. The van der Waals surface area contributed by atoms with Gasteiger partial charge in [0, 0.05) is 24.4 Å². The van der Waals surface area contributed by atoms with Crippen LogP contribution in [0.4, 0.5) is 0 Å². The van der Waals surface area contributed by atoms with Crippen LogP contribution in [0.5, 0.6) is 5.75 Å². The fourth-order valence-electron chi connectivity index (χ4n) is 4.37. The molecule has 1 aromatic carbocycles. The highest BCUT2D eigenvalue weighted by Crippen LogP contribution is 2.32. The van der Waals surface area contributed by atoms with E-state index in [9.17, 15) is 9.59 Å². The number of aromatic nitrogens is 2. The van der Waals surface area contributed by atoms with Gasteiger partial charge in [0.05, 0.1) is 24.9 Å². The van der Waals surface area contributed by atoms with Gasteiger partial charge in [-0.2, -0.15) is 0 Å². The lowest BCUT2D eigenvalue weighted by Gasteiger charge is -2.31. The van der Waals surface area contributed by atoms with Gasteiger partial charge in [0.15, 0.2) is 0 Å². The summed E-state index contributed by atoms with van der Waals surface area (Å²) in [5.41, 5.74) is 2.08. The van der Waals surface area contributed by atoms with Crippen LogP contribution in [0.1, 0.15) is 54.1 Å². The Kier molecular flexibility index (Phi) is 6.41. The van der Waals surface area contributed by atoms with E-state index < -0.39 is 0 Å². The van der Waals surface area contributed by atoms with E-state index in [1.54, 1.807) is 29.3 Å². The summed E-state index contributed by atoms with van der Waals surface area (Å²) >= 11 is 1.54. The molecule has 3 heterocycles. The van der Waals surface area contributed by atoms with E-state index >= 15 is 0 Å². The zero-order valence-corrected chi connectivity index (χ0v) is 19.2. The van der Waals surface area contributed by atoms with E-state index in [0.29, 0.717) is 18.4 Å². The topological polar surface area (TPSA) is 64.4 Å². The number of nitrogens with zero attached hydrogens (tertiary/aromatic N) is 3. The van der Waals surface area contributed by atoms with Crippen LogP contribution in [0.15, 0.2) is 35.4 Å². The average molecular weight is 440 g/mol. The second-order valence-corrected chi connectivity index (χ2v) is 9.39. The van der Waals surface area contributed by atoms with Gasteiger partial charge in [0.2, 0.25) is 5.91 Å². The molecule has 0 saturated carbocycles. The predicted molar refractivity (Wildman–Crippen MR) is 124 cm³/mol. The quantitative estimate of drug-likeness (QED) is 0.582. The lowest BCUT2D eigenvalue weighted by molar-refractivity contribution is -0.133. The van der Waals surface area contributed by atoms with Crippen LogP contribution in [-0.4, -0.2) is 34.0 Å². The van der Waals surface area contributed by atoms with Crippen molar-refractivity contribution in [3.05, 3.63) is 57.0 Å². The molecule has 2 aromatic heterocycles. The zero-order chi connectivity index (χ0) is 22.0. The van der Waals surface area contributed by atoms with Crippen molar-refractivity contribution >= 4 is 27.5 Å². The summed E-state index contributed by atoms with van der Waals surface area (Å²) in [5, 5.41) is 0.684. The summed E-state index contributed by atoms with van der Waals surface area (Å²) in [7, 11) is 1.66. The van der Waals surface area contributed by atoms with Crippen molar-refractivity contribution in [3.63, 3.8) is 0 Å². The number of rotatable bonds is 5. The number of aryl methyl sites for hydroxylation is 3. The van der Waals surface area contributed by atoms with Crippen molar-refractivity contribution in [2.75, 3.05) is 13.7 Å². The first-order valence-corrected chi connectivity index (χ1v) is 11.7. The van der Waals surface area contributed by atoms with E-state index in [-0.39, 0.29) is 17.5 Å². The van der Waals surface area contributed by atoms with Crippen LogP contribution in [-0.2, 0) is 11.3 Å². The predicted octanol–water partition coefficient (Wildman–Crippen LogP) is 4.62. The van der Waals surface area contributed by atoms with Gasteiger partial charge < -0.3 is 9.64 Å². The number of carbonyl (C=O) groups is 1. The molecule has 4 rings (SSSR count). The second kappa shape index (κ2) is 9.22. The fraction of sp³-hybridized carbons (Fsp3) is 0.458. The third-order valence-corrected chi connectivity index (χ3v) is 7.41. The normalized spacial score (nSPS) is 17.0. The lowest BCUT2D eigenvalue weighted by Crippen LogP contribution is -2.36. The Morgan fingerprint density at radius 2 is 1.97 bits per heavy atom. The van der Waals surface area contributed by atoms with Crippen LogP contribution in [0.3, 0.4) is 0 Å². The van der Waals surface area contributed by atoms with E-state index in [0.717, 1.165) is 58.8 Å². The molecule has 6 nitrogen and oxygen atoms in total. The van der Waals surface area contributed by atoms with Crippen LogP contribution < -0.4 is 10.3 Å². The zero-order valence-electron chi connectivity index (χ0n) is 18.4. The number of hydrogen-bond acceptors (Lipinski definition) is 5. The summed E-state index contributed by atoms with van der Waals surface area (Å²) in [6.07, 6.45) is 6.08. The van der Waals surface area contributed by atoms with Crippen molar-refractivity contribution < 1.29 is 9.53 Å². The Labute approximate surface area is 186 Å². The first-order chi connectivity index (χ1) is 15.0. The molecule has 0 aliphatic carbocycles. The minimum Gasteiger partial charge on any atom is -0.497 e. The number of methoxy groups -OCH3 is 1. The van der Waals surface area contributed by atoms with Crippen LogP contribution >= 0.6 is 11.3 Å². The number of fused-ring (bicyclic) bond motifs is 1. The van der Waals surface area contributed by atoms with E-state index in [1.165, 1.54) is 0 Å². The van der Waals surface area contributed by atoms with Gasteiger partial charge in [0.1, 0.15) is 10.6 Å². The van der Waals surface area contributed by atoms with Crippen molar-refractivity contribution in [3.8, 4) is 5.75 Å². The SMILES string of the molecule is COc1ccc([C@H]2CCCCCN2C(=O)CCn2cnc3sc(C)c(C)c3c2=O)cc1. The van der Waals surface area contributed by atoms with E-state index in [1.807, 2.05) is 30.9 Å². The summed E-state index contributed by atoms with van der Waals surface area (Å²) in [5.74, 6) is 0.907. The van der Waals surface area contributed by atoms with E-state index in [4.69, 9.17) is 4.74 Å². The second-order valence-electron chi connectivity index (χ2n) is 8.18. The first-order valence-electron chi connectivity index (χ1n) is 10.9. The van der Waals surface area contributed by atoms with Crippen molar-refractivity contribution in [2.45, 2.75) is 58.5 Å². The summed E-state index contributed by atoms with van der Waals surface area (Å²) in [6.45, 7) is 5.07. The van der Waals surface area contributed by atoms with Crippen LogP contribution in [0.2, 0.25) is 0 Å². The third-order valence-electron chi connectivity index (χ3n) is 6.30. The molecule has 3 aromatic rings. The van der Waals surface area contributed by atoms with Gasteiger partial charge in [0.25, 0.3) is 5.56 Å². The number of likely N-dealkylation sites (tertiary alicyclic amines) is 1. The average Bonchev–Trinajstić information content (AvgIpc) is 2.95. The molecule has 164 valence electrons. The van der Waals surface area contributed by atoms with Gasteiger partial charge in [-0.25, -0.2) is 4.98 Å².